The van der Waals surface area contributed by atoms with Gasteiger partial charge >= 0.3 is 6.18 Å². The molecule has 0 aliphatic rings. The van der Waals surface area contributed by atoms with Crippen LogP contribution in [0.5, 0.6) is 0 Å². The third-order valence-electron chi connectivity index (χ3n) is 2.01. The second kappa shape index (κ2) is 5.04. The summed E-state index contributed by atoms with van der Waals surface area (Å²) in [6, 6.07) is 1.95. The molecule has 0 unspecified atom stereocenters. The number of hydrogen-bond acceptors (Lipinski definition) is 3. The van der Waals surface area contributed by atoms with Gasteiger partial charge in [-0.15, -0.1) is 0 Å². The van der Waals surface area contributed by atoms with Gasteiger partial charge in [0.25, 0.3) is 0 Å². The van der Waals surface area contributed by atoms with Crippen molar-refractivity contribution < 1.29 is 19.3 Å². The summed E-state index contributed by atoms with van der Waals surface area (Å²) in [4.78, 5) is 14.8. The summed E-state index contributed by atoms with van der Waals surface area (Å²) in [5.74, 6) is -2.26. The first-order valence-electron chi connectivity index (χ1n) is 5.34. The monoisotopic (exact) mass is 258 g/mol. The normalized spacial score (nSPS) is 12.6. The van der Waals surface area contributed by atoms with Gasteiger partial charge < -0.3 is 5.32 Å². The summed E-state index contributed by atoms with van der Waals surface area (Å²) in [5, 5.41) is 10.7. The smallest absolute Gasteiger partial charge is 0.324 e. The van der Waals surface area contributed by atoms with Crippen LogP contribution >= 0.6 is 0 Å². The van der Waals surface area contributed by atoms with Gasteiger partial charge in [0, 0.05) is 7.26 Å². The Morgan fingerprint density at radius 1 is 1.61 bits per heavy atom. The molecule has 18 heavy (non-hydrogen) atoms. The summed E-state index contributed by atoms with van der Waals surface area (Å²) in [6.45, 7) is 2.59. The Morgan fingerprint density at radius 2 is 2.22 bits per heavy atom. The summed E-state index contributed by atoms with van der Waals surface area (Å²) in [6.07, 6.45) is -3.80. The Labute approximate surface area is 103 Å². The number of carbonyl (C=O) groups excluding carboxylic acids is 1. The lowest BCUT2D eigenvalue weighted by Crippen LogP contribution is -2.19. The fourth-order valence-electron chi connectivity index (χ4n) is 1.09. The van der Waals surface area contributed by atoms with Crippen molar-refractivity contribution >= 4 is 11.6 Å². The van der Waals surface area contributed by atoms with E-state index in [-0.39, 0.29) is 5.69 Å². The molecule has 0 spiro atoms. The number of aromatic nitrogens is 1. The Kier molecular flexibility index (Phi) is 3.46. The van der Waals surface area contributed by atoms with E-state index < -0.39 is 29.2 Å². The van der Waals surface area contributed by atoms with Crippen LogP contribution in [0.15, 0.2) is 12.3 Å². The molecule has 1 N–H and O–H groups in total. The van der Waals surface area contributed by atoms with Crippen LogP contribution in [-0.4, -0.2) is 10.9 Å². The maximum Gasteiger partial charge on any atom is 0.419 e. The maximum absolute atomic E-state index is 12.6. The number of hydrogen-bond donors (Lipinski definition) is 1. The summed E-state index contributed by atoms with van der Waals surface area (Å²) < 4.78 is 45.4. The molecule has 0 aliphatic heterocycles. The molecule has 1 aromatic heterocycles. The van der Waals surface area contributed by atoms with E-state index in [4.69, 9.17) is 6.63 Å². The zero-order valence-electron chi connectivity index (χ0n) is 10.6. The average Bonchev–Trinajstić information content (AvgIpc) is 2.26. The van der Waals surface area contributed by atoms with E-state index in [0.29, 0.717) is 6.07 Å². The van der Waals surface area contributed by atoms with Gasteiger partial charge in [0.05, 0.1) is 17.4 Å². The molecule has 96 valence electrons. The summed E-state index contributed by atoms with van der Waals surface area (Å²) in [7, 11) is 0. The van der Waals surface area contributed by atoms with Crippen LogP contribution in [-0.2, 0) is 11.0 Å². The molecular formula is C11H10F3N3O. The molecule has 0 aromatic carbocycles. The van der Waals surface area contributed by atoms with Crippen molar-refractivity contribution in [3.8, 4) is 6.07 Å². The van der Waals surface area contributed by atoms with Crippen LogP contribution in [0.2, 0.25) is 0 Å². The molecule has 1 aromatic rings. The molecule has 0 saturated carbocycles. The third kappa shape index (κ3) is 3.20. The standard InChI is InChI=1S/C11H10F3N3O/c1-6(2)10(18)17-7-3-8(11(12,13)14)9(4-15)16-5-7/h3,5-6H,1-2H3,(H,17,18)/i6D. The number of nitrogens with one attached hydrogen (secondary N) is 1. The van der Waals surface area contributed by atoms with E-state index in [9.17, 15) is 18.0 Å². The van der Waals surface area contributed by atoms with Gasteiger partial charge in [0.2, 0.25) is 5.91 Å². The summed E-state index contributed by atoms with van der Waals surface area (Å²) >= 11 is 0. The van der Waals surface area contributed by atoms with E-state index in [1.165, 1.54) is 19.9 Å². The largest absolute Gasteiger partial charge is 0.419 e. The van der Waals surface area contributed by atoms with E-state index in [1.54, 1.807) is 0 Å². The zero-order chi connectivity index (χ0) is 14.8. The van der Waals surface area contributed by atoms with E-state index >= 15 is 0 Å². The molecule has 1 heterocycles. The third-order valence-corrected chi connectivity index (χ3v) is 2.01. The first kappa shape index (κ1) is 12.4. The second-order valence-electron chi connectivity index (χ2n) is 3.68. The predicted octanol–water partition coefficient (Wildman–Crippen LogP) is 2.57. The van der Waals surface area contributed by atoms with Crippen molar-refractivity contribution in [1.82, 2.24) is 4.98 Å². The van der Waals surface area contributed by atoms with Crippen LogP contribution < -0.4 is 5.32 Å². The highest BCUT2D eigenvalue weighted by molar-refractivity contribution is 5.92. The first-order valence-corrected chi connectivity index (χ1v) is 4.84. The molecule has 0 bridgehead atoms. The fourth-order valence-corrected chi connectivity index (χ4v) is 1.09. The first-order chi connectivity index (χ1) is 8.55. The molecule has 0 fully saturated rings. The van der Waals surface area contributed by atoms with E-state index in [2.05, 4.69) is 10.3 Å². The number of amides is 1. The van der Waals surface area contributed by atoms with E-state index in [0.717, 1.165) is 6.20 Å². The average molecular weight is 258 g/mol. The highest BCUT2D eigenvalue weighted by atomic mass is 19.4. The minimum absolute atomic E-state index is 0.211. The number of rotatable bonds is 2. The van der Waals surface area contributed by atoms with E-state index in [1.807, 2.05) is 0 Å². The molecular weight excluding hydrogens is 247 g/mol. The highest BCUT2D eigenvalue weighted by Crippen LogP contribution is 2.32. The molecule has 7 heteroatoms. The predicted molar refractivity (Wildman–Crippen MR) is 57.4 cm³/mol. The Bertz CT molecular complexity index is 544. The number of alkyl halides is 3. The van der Waals surface area contributed by atoms with Gasteiger partial charge in [-0.2, -0.15) is 18.4 Å². The van der Waals surface area contributed by atoms with Crippen LogP contribution in [0.25, 0.3) is 0 Å². The van der Waals surface area contributed by atoms with Crippen LogP contribution in [0.3, 0.4) is 0 Å². The van der Waals surface area contributed by atoms with Crippen molar-refractivity contribution in [2.75, 3.05) is 5.32 Å². The highest BCUT2D eigenvalue weighted by Gasteiger charge is 2.34. The summed E-state index contributed by atoms with van der Waals surface area (Å²) in [5.41, 5.74) is -2.21. The molecule has 0 saturated heterocycles. The maximum atomic E-state index is 12.6. The van der Waals surface area contributed by atoms with Crippen LogP contribution in [0.1, 0.15) is 26.5 Å². The Morgan fingerprint density at radius 3 is 2.67 bits per heavy atom. The van der Waals surface area contributed by atoms with Crippen LogP contribution in [0.4, 0.5) is 18.9 Å². The van der Waals surface area contributed by atoms with Gasteiger partial charge in [-0.25, -0.2) is 4.98 Å². The lowest BCUT2D eigenvalue weighted by Gasteiger charge is -2.11. The number of halogens is 3. The second-order valence-corrected chi connectivity index (χ2v) is 3.68. The number of carbonyl (C=O) groups is 1. The lowest BCUT2D eigenvalue weighted by atomic mass is 10.1. The van der Waals surface area contributed by atoms with Gasteiger partial charge in [0.15, 0.2) is 5.69 Å². The molecule has 0 atom stereocenters. The Balaban J connectivity index is 3.14. The van der Waals surface area contributed by atoms with Crippen LogP contribution in [0, 0.1) is 17.2 Å². The quantitative estimate of drug-likeness (QED) is 0.886. The zero-order valence-corrected chi connectivity index (χ0v) is 9.59. The number of pyridine rings is 1. The van der Waals surface area contributed by atoms with Crippen molar-refractivity contribution in [2.45, 2.75) is 20.0 Å². The van der Waals surface area contributed by atoms with Gasteiger partial charge in [-0.05, 0) is 6.07 Å². The molecule has 0 radical (unpaired) electrons. The van der Waals surface area contributed by atoms with Gasteiger partial charge in [0.1, 0.15) is 6.07 Å². The van der Waals surface area contributed by atoms with Gasteiger partial charge in [-0.3, -0.25) is 4.79 Å². The fraction of sp³-hybridized carbons (Fsp3) is 0.364. The van der Waals surface area contributed by atoms with Crippen molar-refractivity contribution in [3.05, 3.63) is 23.5 Å². The molecule has 1 amide bonds. The minimum Gasteiger partial charge on any atom is -0.324 e. The minimum atomic E-state index is -4.74. The molecule has 4 nitrogen and oxygen atoms in total. The van der Waals surface area contributed by atoms with Crippen molar-refractivity contribution in [3.63, 3.8) is 0 Å². The number of nitrogens with zero attached hydrogens (tertiary/aromatic N) is 2. The van der Waals surface area contributed by atoms with Crippen molar-refractivity contribution in [1.29, 1.82) is 5.26 Å². The lowest BCUT2D eigenvalue weighted by molar-refractivity contribution is -0.138. The van der Waals surface area contributed by atoms with Gasteiger partial charge in [-0.1, -0.05) is 13.8 Å². The van der Waals surface area contributed by atoms with Crippen molar-refractivity contribution in [2.24, 2.45) is 5.89 Å². The number of anilines is 1. The molecule has 0 aliphatic carbocycles. The SMILES string of the molecule is [2H]C(C)(C)C(=O)Nc1cnc(C#N)c(C(F)(F)F)c1. The Hall–Kier alpha value is -2.10. The topological polar surface area (TPSA) is 65.8 Å². The molecule has 1 rings (SSSR count). The number of nitriles is 1.